The summed E-state index contributed by atoms with van der Waals surface area (Å²) in [6, 6.07) is 0. The van der Waals surface area contributed by atoms with E-state index in [-0.39, 0.29) is 5.97 Å². The fourth-order valence-corrected chi connectivity index (χ4v) is 0.918. The number of hydrogen-bond donors (Lipinski definition) is 0. The van der Waals surface area contributed by atoms with Crippen LogP contribution in [0.1, 0.15) is 20.3 Å². The van der Waals surface area contributed by atoms with E-state index in [1.165, 1.54) is 0 Å². The number of esters is 1. The Kier molecular flexibility index (Phi) is 6.60. The molecule has 0 aromatic rings. The highest BCUT2D eigenvalue weighted by atomic mass is 16.5. The van der Waals surface area contributed by atoms with Crippen LogP contribution in [0, 0.1) is 0 Å². The third kappa shape index (κ3) is 5.91. The van der Waals surface area contributed by atoms with Gasteiger partial charge in [0.15, 0.2) is 0 Å². The Labute approximate surface area is 79.6 Å². The van der Waals surface area contributed by atoms with Crippen LogP contribution in [0.2, 0.25) is 0 Å². The first-order chi connectivity index (χ1) is 6.24. The van der Waals surface area contributed by atoms with E-state index >= 15 is 0 Å². The highest BCUT2D eigenvalue weighted by Gasteiger charge is 2.02. The maximum absolute atomic E-state index is 11.1. The second kappa shape index (κ2) is 7.35. The van der Waals surface area contributed by atoms with Crippen molar-refractivity contribution in [3.63, 3.8) is 0 Å². The van der Waals surface area contributed by atoms with Gasteiger partial charge < -0.3 is 4.74 Å². The summed E-state index contributed by atoms with van der Waals surface area (Å²) in [5.74, 6) is -0.200. The molecule has 0 aromatic carbocycles. The molecule has 0 heterocycles. The quantitative estimate of drug-likeness (QED) is 0.480. The van der Waals surface area contributed by atoms with E-state index < -0.39 is 0 Å². The normalized spacial score (nSPS) is 11.7. The average Bonchev–Trinajstić information content (AvgIpc) is 2.05. The number of rotatable bonds is 5. The Morgan fingerprint density at radius 1 is 1.54 bits per heavy atom. The Hall–Kier alpha value is -1.31. The number of carbonyl (C=O) groups is 1. The monoisotopic (exact) mass is 180 g/mol. The van der Waals surface area contributed by atoms with E-state index in [0.717, 1.165) is 5.57 Å². The molecule has 0 saturated carbocycles. The van der Waals surface area contributed by atoms with Crippen LogP contribution in [0.5, 0.6) is 0 Å². The molecule has 2 heteroatoms. The first kappa shape index (κ1) is 11.7. The van der Waals surface area contributed by atoms with Crippen LogP contribution >= 0.6 is 0 Å². The lowest BCUT2D eigenvalue weighted by molar-refractivity contribution is -0.142. The van der Waals surface area contributed by atoms with Crippen molar-refractivity contribution in [1.82, 2.24) is 0 Å². The molecule has 0 spiro atoms. The Morgan fingerprint density at radius 3 is 2.69 bits per heavy atom. The summed E-state index contributed by atoms with van der Waals surface area (Å²) in [6.07, 6.45) is 7.53. The van der Waals surface area contributed by atoms with E-state index in [2.05, 4.69) is 6.58 Å². The third-order valence-corrected chi connectivity index (χ3v) is 1.37. The topological polar surface area (TPSA) is 26.3 Å². The predicted molar refractivity (Wildman–Crippen MR) is 54.3 cm³/mol. The van der Waals surface area contributed by atoms with Gasteiger partial charge >= 0.3 is 5.97 Å². The summed E-state index contributed by atoms with van der Waals surface area (Å²) < 4.78 is 4.82. The van der Waals surface area contributed by atoms with Gasteiger partial charge in [0.1, 0.15) is 0 Å². The molecule has 0 radical (unpaired) electrons. The molecule has 0 amide bonds. The van der Waals surface area contributed by atoms with Crippen molar-refractivity contribution in [2.45, 2.75) is 20.3 Å². The maximum Gasteiger partial charge on any atom is 0.310 e. The standard InChI is InChI=1S/C11H16O2/c1-4-7-10(8-5-2)9-11(12)13-6-3/h4-5,7-8H,1,6,9H2,2-3H3/b8-5-,10-7+. The van der Waals surface area contributed by atoms with Crippen molar-refractivity contribution in [3.05, 3.63) is 36.5 Å². The molecule has 13 heavy (non-hydrogen) atoms. The van der Waals surface area contributed by atoms with Crippen molar-refractivity contribution in [2.75, 3.05) is 6.61 Å². The lowest BCUT2D eigenvalue weighted by Gasteiger charge is -2.01. The fourth-order valence-electron chi connectivity index (χ4n) is 0.918. The van der Waals surface area contributed by atoms with Gasteiger partial charge in [-0.1, -0.05) is 30.9 Å². The Balaban J connectivity index is 4.18. The molecule has 0 rings (SSSR count). The molecule has 0 atom stereocenters. The second-order valence-corrected chi connectivity index (χ2v) is 2.46. The zero-order chi connectivity index (χ0) is 10.1. The minimum absolute atomic E-state index is 0.200. The molecular weight excluding hydrogens is 164 g/mol. The largest absolute Gasteiger partial charge is 0.466 e. The summed E-state index contributed by atoms with van der Waals surface area (Å²) in [5, 5.41) is 0. The van der Waals surface area contributed by atoms with E-state index in [4.69, 9.17) is 4.74 Å². The fraction of sp³-hybridized carbons (Fsp3) is 0.364. The zero-order valence-corrected chi connectivity index (χ0v) is 8.25. The van der Waals surface area contributed by atoms with Crippen LogP contribution in [0.15, 0.2) is 36.5 Å². The molecule has 0 fully saturated rings. The molecule has 2 nitrogen and oxygen atoms in total. The molecule has 0 unspecified atom stereocenters. The summed E-state index contributed by atoms with van der Waals surface area (Å²) in [4.78, 5) is 11.1. The van der Waals surface area contributed by atoms with Gasteiger partial charge in [-0.05, 0) is 19.4 Å². The molecule has 0 aliphatic rings. The molecule has 0 bridgehead atoms. The van der Waals surface area contributed by atoms with Gasteiger partial charge in [0.05, 0.1) is 13.0 Å². The molecule has 0 saturated heterocycles. The first-order valence-corrected chi connectivity index (χ1v) is 4.34. The van der Waals surface area contributed by atoms with Gasteiger partial charge in [-0.3, -0.25) is 4.79 Å². The number of allylic oxidation sites excluding steroid dienone is 4. The highest BCUT2D eigenvalue weighted by Crippen LogP contribution is 2.05. The minimum atomic E-state index is -0.200. The lowest BCUT2D eigenvalue weighted by atomic mass is 10.1. The summed E-state index contributed by atoms with van der Waals surface area (Å²) in [6.45, 7) is 7.70. The van der Waals surface area contributed by atoms with Crippen molar-refractivity contribution < 1.29 is 9.53 Å². The van der Waals surface area contributed by atoms with Crippen molar-refractivity contribution in [3.8, 4) is 0 Å². The smallest absolute Gasteiger partial charge is 0.310 e. The van der Waals surface area contributed by atoms with Gasteiger partial charge in [0, 0.05) is 0 Å². The number of ether oxygens (including phenoxy) is 1. The van der Waals surface area contributed by atoms with Gasteiger partial charge in [0.25, 0.3) is 0 Å². The summed E-state index contributed by atoms with van der Waals surface area (Å²) >= 11 is 0. The summed E-state index contributed by atoms with van der Waals surface area (Å²) in [7, 11) is 0. The van der Waals surface area contributed by atoms with Gasteiger partial charge in [-0.2, -0.15) is 0 Å². The molecule has 0 aromatic heterocycles. The van der Waals surface area contributed by atoms with Crippen LogP contribution in [-0.2, 0) is 9.53 Å². The molecule has 0 N–H and O–H groups in total. The van der Waals surface area contributed by atoms with Crippen LogP contribution in [0.3, 0.4) is 0 Å². The van der Waals surface area contributed by atoms with Crippen LogP contribution in [0.4, 0.5) is 0 Å². The Morgan fingerprint density at radius 2 is 2.23 bits per heavy atom. The van der Waals surface area contributed by atoms with Crippen molar-refractivity contribution >= 4 is 5.97 Å². The zero-order valence-electron chi connectivity index (χ0n) is 8.25. The average molecular weight is 180 g/mol. The van der Waals surface area contributed by atoms with Gasteiger partial charge in [0.2, 0.25) is 0 Å². The van der Waals surface area contributed by atoms with Crippen LogP contribution in [0.25, 0.3) is 0 Å². The first-order valence-electron chi connectivity index (χ1n) is 4.34. The lowest BCUT2D eigenvalue weighted by Crippen LogP contribution is -2.04. The third-order valence-electron chi connectivity index (χ3n) is 1.37. The predicted octanol–water partition coefficient (Wildman–Crippen LogP) is 2.63. The van der Waals surface area contributed by atoms with Crippen LogP contribution < -0.4 is 0 Å². The van der Waals surface area contributed by atoms with E-state index in [0.29, 0.717) is 13.0 Å². The molecular formula is C11H16O2. The van der Waals surface area contributed by atoms with Gasteiger partial charge in [-0.25, -0.2) is 0 Å². The van der Waals surface area contributed by atoms with Crippen molar-refractivity contribution in [1.29, 1.82) is 0 Å². The molecule has 0 aliphatic heterocycles. The highest BCUT2D eigenvalue weighted by molar-refractivity contribution is 5.73. The van der Waals surface area contributed by atoms with Crippen molar-refractivity contribution in [2.24, 2.45) is 0 Å². The molecule has 72 valence electrons. The second-order valence-electron chi connectivity index (χ2n) is 2.46. The van der Waals surface area contributed by atoms with Crippen LogP contribution in [-0.4, -0.2) is 12.6 Å². The Bertz CT molecular complexity index is 224. The van der Waals surface area contributed by atoms with Gasteiger partial charge in [-0.15, -0.1) is 0 Å². The molecule has 0 aliphatic carbocycles. The van der Waals surface area contributed by atoms with E-state index in [1.807, 2.05) is 19.1 Å². The summed E-state index contributed by atoms with van der Waals surface area (Å²) in [5.41, 5.74) is 0.913. The number of hydrogen-bond acceptors (Lipinski definition) is 2. The number of carbonyl (C=O) groups excluding carboxylic acids is 1. The minimum Gasteiger partial charge on any atom is -0.466 e. The van der Waals surface area contributed by atoms with E-state index in [1.54, 1.807) is 19.1 Å². The SMILES string of the molecule is C=C/C=C(\C=C/C)CC(=O)OCC. The van der Waals surface area contributed by atoms with E-state index in [9.17, 15) is 4.79 Å². The maximum atomic E-state index is 11.1.